The van der Waals surface area contributed by atoms with E-state index in [0.29, 0.717) is 12.3 Å². The van der Waals surface area contributed by atoms with E-state index < -0.39 is 15.4 Å². The molecule has 0 spiro atoms. The Kier molecular flexibility index (Phi) is 4.30. The SMILES string of the molecule is C1CCSC1.CC1(C)C2CCC1(C)C(S(=O)(=O)O)C2. The second-order valence-corrected chi connectivity index (χ2v) is 9.76. The molecule has 3 nitrogen and oxygen atoms in total. The number of thioether (sulfide) groups is 1. The molecule has 0 aromatic carbocycles. The standard InChI is InChI=1S/C10H18O3S.C4H8S/c1-9(2)7-4-5-10(9,3)8(6-7)14(11,12)13;1-2-4-5-3-1/h7-8H,4-6H2,1-3H3,(H,11,12,13);1-4H2. The lowest BCUT2D eigenvalue weighted by Gasteiger charge is -2.37. The molecule has 112 valence electrons. The molecule has 3 rings (SSSR count). The Balaban J connectivity index is 0.000000224. The van der Waals surface area contributed by atoms with Gasteiger partial charge >= 0.3 is 0 Å². The van der Waals surface area contributed by atoms with Gasteiger partial charge < -0.3 is 0 Å². The van der Waals surface area contributed by atoms with Gasteiger partial charge in [-0.05, 0) is 60.4 Å². The van der Waals surface area contributed by atoms with E-state index >= 15 is 0 Å². The van der Waals surface area contributed by atoms with Gasteiger partial charge in [-0.1, -0.05) is 20.8 Å². The lowest BCUT2D eigenvalue weighted by molar-refractivity contribution is 0.151. The highest BCUT2D eigenvalue weighted by molar-refractivity contribution is 7.99. The highest BCUT2D eigenvalue weighted by Crippen LogP contribution is 2.66. The summed E-state index contributed by atoms with van der Waals surface area (Å²) < 4.78 is 31.8. The molecule has 3 unspecified atom stereocenters. The van der Waals surface area contributed by atoms with E-state index in [0.717, 1.165) is 12.8 Å². The van der Waals surface area contributed by atoms with E-state index in [2.05, 4.69) is 25.6 Å². The third-order valence-corrected chi connectivity index (χ3v) is 8.49. The van der Waals surface area contributed by atoms with Crippen LogP contribution in [0.1, 0.15) is 52.9 Å². The Morgan fingerprint density at radius 1 is 1.16 bits per heavy atom. The molecule has 1 saturated heterocycles. The summed E-state index contributed by atoms with van der Waals surface area (Å²) in [4.78, 5) is 0. The minimum absolute atomic E-state index is 0.0491. The van der Waals surface area contributed by atoms with Crippen LogP contribution in [-0.4, -0.2) is 29.7 Å². The zero-order valence-corrected chi connectivity index (χ0v) is 13.8. The van der Waals surface area contributed by atoms with Gasteiger partial charge in [0.2, 0.25) is 0 Å². The van der Waals surface area contributed by atoms with Crippen LogP contribution < -0.4 is 0 Å². The molecule has 3 atom stereocenters. The van der Waals surface area contributed by atoms with Gasteiger partial charge in [-0.2, -0.15) is 20.2 Å². The van der Waals surface area contributed by atoms with Gasteiger partial charge in [-0.15, -0.1) is 0 Å². The van der Waals surface area contributed by atoms with Gasteiger partial charge in [0.25, 0.3) is 10.1 Å². The fourth-order valence-corrected chi connectivity index (χ4v) is 6.67. The predicted molar refractivity (Wildman–Crippen MR) is 81.1 cm³/mol. The molecule has 0 aromatic heterocycles. The van der Waals surface area contributed by atoms with Crippen molar-refractivity contribution in [1.29, 1.82) is 0 Å². The van der Waals surface area contributed by atoms with Crippen molar-refractivity contribution in [2.24, 2.45) is 16.7 Å². The largest absolute Gasteiger partial charge is 0.285 e. The fraction of sp³-hybridized carbons (Fsp3) is 1.00. The van der Waals surface area contributed by atoms with Crippen LogP contribution in [0.5, 0.6) is 0 Å². The van der Waals surface area contributed by atoms with E-state index in [1.807, 2.05) is 6.92 Å². The Labute approximate surface area is 121 Å². The summed E-state index contributed by atoms with van der Waals surface area (Å²) in [7, 11) is -3.86. The zero-order chi connectivity index (χ0) is 14.3. The molecule has 2 aliphatic carbocycles. The Bertz CT molecular complexity index is 418. The summed E-state index contributed by atoms with van der Waals surface area (Å²) in [6.07, 6.45) is 5.60. The molecular formula is C14H26O3S2. The van der Waals surface area contributed by atoms with Gasteiger partial charge in [0.05, 0.1) is 5.25 Å². The first-order valence-electron chi connectivity index (χ1n) is 7.23. The summed E-state index contributed by atoms with van der Waals surface area (Å²) in [6.45, 7) is 6.28. The van der Waals surface area contributed by atoms with Crippen molar-refractivity contribution in [2.75, 3.05) is 11.5 Å². The van der Waals surface area contributed by atoms with Crippen molar-refractivity contribution in [2.45, 2.75) is 58.1 Å². The summed E-state index contributed by atoms with van der Waals surface area (Å²) in [5.41, 5.74) is -0.182. The molecular weight excluding hydrogens is 280 g/mol. The van der Waals surface area contributed by atoms with E-state index in [1.54, 1.807) is 0 Å². The van der Waals surface area contributed by atoms with Crippen LogP contribution in [0.2, 0.25) is 0 Å². The fourth-order valence-electron chi connectivity index (χ4n) is 4.09. The topological polar surface area (TPSA) is 54.4 Å². The molecule has 0 radical (unpaired) electrons. The van der Waals surface area contributed by atoms with Gasteiger partial charge in [0.15, 0.2) is 0 Å². The number of rotatable bonds is 1. The van der Waals surface area contributed by atoms with Crippen molar-refractivity contribution in [3.8, 4) is 0 Å². The first-order chi connectivity index (χ1) is 8.69. The Hall–Kier alpha value is 0.260. The van der Waals surface area contributed by atoms with Crippen LogP contribution in [0, 0.1) is 16.7 Å². The van der Waals surface area contributed by atoms with Crippen LogP contribution in [0.4, 0.5) is 0 Å². The van der Waals surface area contributed by atoms with Crippen molar-refractivity contribution < 1.29 is 13.0 Å². The van der Waals surface area contributed by atoms with Gasteiger partial charge in [-0.3, -0.25) is 4.55 Å². The van der Waals surface area contributed by atoms with Gasteiger partial charge in [-0.25, -0.2) is 0 Å². The minimum atomic E-state index is -3.86. The van der Waals surface area contributed by atoms with Crippen LogP contribution in [0.25, 0.3) is 0 Å². The average molecular weight is 306 g/mol. The predicted octanol–water partition coefficient (Wildman–Crippen LogP) is 3.60. The lowest BCUT2D eigenvalue weighted by Crippen LogP contribution is -2.40. The molecule has 2 bridgehead atoms. The molecule has 3 aliphatic rings. The van der Waals surface area contributed by atoms with E-state index in [4.69, 9.17) is 0 Å². The maximum Gasteiger partial charge on any atom is 0.268 e. The second-order valence-electron chi connectivity index (χ2n) is 6.93. The number of fused-ring (bicyclic) bond motifs is 2. The molecule has 1 aliphatic heterocycles. The average Bonchev–Trinajstić information content (AvgIpc) is 2.95. The van der Waals surface area contributed by atoms with Crippen molar-refractivity contribution in [3.05, 3.63) is 0 Å². The molecule has 0 amide bonds. The molecule has 1 heterocycles. The monoisotopic (exact) mass is 306 g/mol. The van der Waals surface area contributed by atoms with Crippen molar-refractivity contribution in [1.82, 2.24) is 0 Å². The maximum atomic E-state index is 11.3. The van der Waals surface area contributed by atoms with Crippen molar-refractivity contribution in [3.63, 3.8) is 0 Å². The van der Waals surface area contributed by atoms with E-state index in [1.165, 1.54) is 24.3 Å². The van der Waals surface area contributed by atoms with Crippen LogP contribution in [-0.2, 0) is 10.1 Å². The van der Waals surface area contributed by atoms with Gasteiger partial charge in [0, 0.05) is 0 Å². The Morgan fingerprint density at radius 2 is 1.74 bits per heavy atom. The quantitative estimate of drug-likeness (QED) is 0.752. The van der Waals surface area contributed by atoms with Crippen LogP contribution in [0.15, 0.2) is 0 Å². The molecule has 5 heteroatoms. The molecule has 19 heavy (non-hydrogen) atoms. The van der Waals surface area contributed by atoms with Crippen molar-refractivity contribution >= 4 is 21.9 Å². The first-order valence-corrected chi connectivity index (χ1v) is 9.89. The third kappa shape index (κ3) is 2.70. The van der Waals surface area contributed by atoms with E-state index in [-0.39, 0.29) is 10.8 Å². The van der Waals surface area contributed by atoms with Gasteiger partial charge in [0.1, 0.15) is 0 Å². The summed E-state index contributed by atoms with van der Waals surface area (Å²) in [5.74, 6) is 3.29. The zero-order valence-electron chi connectivity index (χ0n) is 12.2. The first kappa shape index (κ1) is 15.6. The maximum absolute atomic E-state index is 11.3. The molecule has 0 aromatic rings. The number of hydrogen-bond acceptors (Lipinski definition) is 3. The summed E-state index contributed by atoms with van der Waals surface area (Å²) in [6, 6.07) is 0. The normalized spacial score (nSPS) is 40.0. The lowest BCUT2D eigenvalue weighted by atomic mass is 9.71. The minimum Gasteiger partial charge on any atom is -0.285 e. The molecule has 3 fully saturated rings. The second kappa shape index (κ2) is 5.23. The highest BCUT2D eigenvalue weighted by Gasteiger charge is 2.64. The van der Waals surface area contributed by atoms with Crippen LogP contribution in [0.3, 0.4) is 0 Å². The molecule has 1 N–H and O–H groups in total. The van der Waals surface area contributed by atoms with E-state index in [9.17, 15) is 13.0 Å². The highest BCUT2D eigenvalue weighted by atomic mass is 32.2. The summed E-state index contributed by atoms with van der Waals surface area (Å²) >= 11 is 2.07. The number of hydrogen-bond donors (Lipinski definition) is 1. The summed E-state index contributed by atoms with van der Waals surface area (Å²) in [5, 5.41) is -0.538. The Morgan fingerprint density at radius 3 is 1.95 bits per heavy atom. The molecule has 2 saturated carbocycles. The third-order valence-electron chi connectivity index (χ3n) is 5.90. The van der Waals surface area contributed by atoms with Crippen LogP contribution >= 0.6 is 11.8 Å². The smallest absolute Gasteiger partial charge is 0.268 e.